The van der Waals surface area contributed by atoms with Crippen LogP contribution in [0, 0.1) is 0 Å². The lowest BCUT2D eigenvalue weighted by atomic mass is 10.3. The first-order valence-electron chi connectivity index (χ1n) is 7.64. The molecule has 0 atom stereocenters. The molecule has 1 aliphatic rings. The van der Waals surface area contributed by atoms with Gasteiger partial charge in [0, 0.05) is 45.0 Å². The molecule has 2 aromatic rings. The molecule has 0 spiro atoms. The zero-order valence-corrected chi connectivity index (χ0v) is 13.1. The van der Waals surface area contributed by atoms with Crippen molar-refractivity contribution < 1.29 is 4.74 Å². The summed E-state index contributed by atoms with van der Waals surface area (Å²) in [5, 5.41) is 4.23. The van der Waals surface area contributed by atoms with Gasteiger partial charge in [-0.15, -0.1) is 0 Å². The van der Waals surface area contributed by atoms with E-state index in [1.807, 2.05) is 16.8 Å². The quantitative estimate of drug-likeness (QED) is 0.822. The minimum atomic E-state index is 0.850. The Labute approximate surface area is 130 Å². The van der Waals surface area contributed by atoms with Crippen LogP contribution >= 0.6 is 0 Å². The minimum absolute atomic E-state index is 0.850. The number of aromatic nitrogens is 4. The number of hydrogen-bond acceptors (Lipinski definition) is 6. The Morgan fingerprint density at radius 2 is 2.00 bits per heavy atom. The summed E-state index contributed by atoms with van der Waals surface area (Å²) >= 11 is 0. The fourth-order valence-corrected chi connectivity index (χ4v) is 2.71. The molecule has 7 nitrogen and oxygen atoms in total. The summed E-state index contributed by atoms with van der Waals surface area (Å²) in [4.78, 5) is 13.5. The molecule has 2 aromatic heterocycles. The predicted octanol–water partition coefficient (Wildman–Crippen LogP) is 1.02. The zero-order chi connectivity index (χ0) is 15.4. The maximum Gasteiger partial charge on any atom is 0.140 e. The van der Waals surface area contributed by atoms with E-state index in [4.69, 9.17) is 4.74 Å². The normalized spacial score (nSPS) is 16.0. The van der Waals surface area contributed by atoms with Gasteiger partial charge in [0.25, 0.3) is 0 Å². The van der Waals surface area contributed by atoms with Gasteiger partial charge in [-0.25, -0.2) is 14.6 Å². The van der Waals surface area contributed by atoms with Crippen molar-refractivity contribution in [3.05, 3.63) is 30.5 Å². The van der Waals surface area contributed by atoms with E-state index in [9.17, 15) is 0 Å². The van der Waals surface area contributed by atoms with Crippen LogP contribution < -0.4 is 9.64 Å². The zero-order valence-electron chi connectivity index (χ0n) is 13.1. The highest BCUT2D eigenvalue weighted by atomic mass is 16.5. The van der Waals surface area contributed by atoms with Crippen LogP contribution in [0.5, 0.6) is 5.75 Å². The number of nitrogens with zero attached hydrogens (tertiary/aromatic N) is 6. The highest BCUT2D eigenvalue weighted by Crippen LogP contribution is 2.19. The molecule has 0 radical (unpaired) electrons. The smallest absolute Gasteiger partial charge is 0.140 e. The molecule has 0 aliphatic carbocycles. The largest absolute Gasteiger partial charge is 0.497 e. The van der Waals surface area contributed by atoms with Crippen LogP contribution in [0.3, 0.4) is 0 Å². The second kappa shape index (κ2) is 6.74. The first-order chi connectivity index (χ1) is 10.8. The van der Waals surface area contributed by atoms with E-state index in [0.29, 0.717) is 0 Å². The molecule has 1 fully saturated rings. The molecule has 22 heavy (non-hydrogen) atoms. The van der Waals surface area contributed by atoms with E-state index in [0.717, 1.165) is 56.7 Å². The SMILES string of the molecule is CCn1ncnc1CN1CCN(c2cc(OC)ccn2)CC1. The van der Waals surface area contributed by atoms with Crippen LogP contribution in [0.1, 0.15) is 12.7 Å². The maximum atomic E-state index is 5.27. The van der Waals surface area contributed by atoms with Crippen molar-refractivity contribution in [3.8, 4) is 5.75 Å². The minimum Gasteiger partial charge on any atom is -0.497 e. The number of hydrogen-bond donors (Lipinski definition) is 0. The lowest BCUT2D eigenvalue weighted by Gasteiger charge is -2.35. The molecule has 118 valence electrons. The topological polar surface area (TPSA) is 59.3 Å². The van der Waals surface area contributed by atoms with Gasteiger partial charge in [0.1, 0.15) is 23.7 Å². The molecule has 0 N–H and O–H groups in total. The average Bonchev–Trinajstić information content (AvgIpc) is 3.03. The van der Waals surface area contributed by atoms with Gasteiger partial charge in [0.05, 0.1) is 13.7 Å². The Morgan fingerprint density at radius 3 is 2.73 bits per heavy atom. The van der Waals surface area contributed by atoms with Crippen LogP contribution in [0.4, 0.5) is 5.82 Å². The van der Waals surface area contributed by atoms with Gasteiger partial charge in [0.15, 0.2) is 0 Å². The van der Waals surface area contributed by atoms with Crippen LogP contribution in [0.2, 0.25) is 0 Å². The number of methoxy groups -OCH3 is 1. The summed E-state index contributed by atoms with van der Waals surface area (Å²) in [5.41, 5.74) is 0. The average molecular weight is 302 g/mol. The predicted molar refractivity (Wildman–Crippen MR) is 84.0 cm³/mol. The molecule has 0 amide bonds. The molecule has 7 heteroatoms. The van der Waals surface area contributed by atoms with Crippen molar-refractivity contribution >= 4 is 5.82 Å². The summed E-state index contributed by atoms with van der Waals surface area (Å²) in [6.45, 7) is 7.71. The standard InChI is InChI=1S/C15H22N6O/c1-3-21-15(17-12-18-21)11-19-6-8-20(9-7-19)14-10-13(22-2)4-5-16-14/h4-5,10,12H,3,6-9,11H2,1-2H3. The first kappa shape index (κ1) is 14.8. The first-order valence-corrected chi connectivity index (χ1v) is 7.64. The molecule has 3 heterocycles. The Kier molecular flexibility index (Phi) is 4.53. The summed E-state index contributed by atoms with van der Waals surface area (Å²) < 4.78 is 7.22. The Hall–Kier alpha value is -2.15. The number of pyridine rings is 1. The molecule has 1 aliphatic heterocycles. The third-order valence-corrected chi connectivity index (χ3v) is 4.01. The number of rotatable bonds is 5. The number of piperazine rings is 1. The monoisotopic (exact) mass is 302 g/mol. The van der Waals surface area contributed by atoms with E-state index >= 15 is 0 Å². The number of aryl methyl sites for hydroxylation is 1. The summed E-state index contributed by atoms with van der Waals surface area (Å²) in [7, 11) is 1.68. The molecular formula is C15H22N6O. The summed E-state index contributed by atoms with van der Waals surface area (Å²) in [6.07, 6.45) is 3.43. The van der Waals surface area contributed by atoms with E-state index in [1.54, 1.807) is 19.6 Å². The van der Waals surface area contributed by atoms with E-state index in [-0.39, 0.29) is 0 Å². The lowest BCUT2D eigenvalue weighted by molar-refractivity contribution is 0.239. The van der Waals surface area contributed by atoms with Crippen molar-refractivity contribution in [1.29, 1.82) is 0 Å². The molecule has 0 aromatic carbocycles. The Morgan fingerprint density at radius 1 is 1.18 bits per heavy atom. The molecule has 0 bridgehead atoms. The molecule has 1 saturated heterocycles. The van der Waals surface area contributed by atoms with Gasteiger partial charge >= 0.3 is 0 Å². The van der Waals surface area contributed by atoms with Crippen LogP contribution in [-0.4, -0.2) is 57.9 Å². The lowest BCUT2D eigenvalue weighted by Crippen LogP contribution is -2.46. The number of ether oxygens (including phenoxy) is 1. The van der Waals surface area contributed by atoms with Crippen molar-refractivity contribution in [2.75, 3.05) is 38.2 Å². The van der Waals surface area contributed by atoms with Gasteiger partial charge in [-0.05, 0) is 13.0 Å². The highest BCUT2D eigenvalue weighted by molar-refractivity contribution is 5.43. The van der Waals surface area contributed by atoms with Crippen molar-refractivity contribution in [2.24, 2.45) is 0 Å². The van der Waals surface area contributed by atoms with Crippen molar-refractivity contribution in [3.63, 3.8) is 0 Å². The van der Waals surface area contributed by atoms with Gasteiger partial charge in [-0.1, -0.05) is 0 Å². The van der Waals surface area contributed by atoms with Gasteiger partial charge in [-0.3, -0.25) is 4.90 Å². The van der Waals surface area contributed by atoms with Gasteiger partial charge in [-0.2, -0.15) is 5.10 Å². The highest BCUT2D eigenvalue weighted by Gasteiger charge is 2.19. The Balaban J connectivity index is 1.58. The van der Waals surface area contributed by atoms with Crippen molar-refractivity contribution in [1.82, 2.24) is 24.6 Å². The fraction of sp³-hybridized carbons (Fsp3) is 0.533. The van der Waals surface area contributed by atoms with Crippen LogP contribution in [-0.2, 0) is 13.1 Å². The van der Waals surface area contributed by atoms with Gasteiger partial charge in [0.2, 0.25) is 0 Å². The van der Waals surface area contributed by atoms with Crippen molar-refractivity contribution in [2.45, 2.75) is 20.0 Å². The summed E-state index contributed by atoms with van der Waals surface area (Å²) in [5.74, 6) is 2.87. The van der Waals surface area contributed by atoms with E-state index in [2.05, 4.69) is 31.8 Å². The fourth-order valence-electron chi connectivity index (χ4n) is 2.71. The molecule has 3 rings (SSSR count). The van der Waals surface area contributed by atoms with E-state index < -0.39 is 0 Å². The maximum absolute atomic E-state index is 5.27. The third kappa shape index (κ3) is 3.19. The second-order valence-electron chi connectivity index (χ2n) is 5.31. The van der Waals surface area contributed by atoms with Gasteiger partial charge < -0.3 is 9.64 Å². The van der Waals surface area contributed by atoms with Crippen LogP contribution in [0.25, 0.3) is 0 Å². The molecule has 0 unspecified atom stereocenters. The third-order valence-electron chi connectivity index (χ3n) is 4.01. The molecular weight excluding hydrogens is 280 g/mol. The number of anilines is 1. The molecule has 0 saturated carbocycles. The van der Waals surface area contributed by atoms with E-state index in [1.165, 1.54) is 0 Å². The Bertz CT molecular complexity index is 606. The van der Waals surface area contributed by atoms with Crippen LogP contribution in [0.15, 0.2) is 24.7 Å². The summed E-state index contributed by atoms with van der Waals surface area (Å²) in [6, 6.07) is 3.86. The second-order valence-corrected chi connectivity index (χ2v) is 5.31.